The lowest BCUT2D eigenvalue weighted by Gasteiger charge is -2.20. The van der Waals surface area contributed by atoms with Crippen molar-refractivity contribution in [1.82, 2.24) is 5.32 Å². The Morgan fingerprint density at radius 3 is 2.37 bits per heavy atom. The molecule has 19 heavy (non-hydrogen) atoms. The van der Waals surface area contributed by atoms with Gasteiger partial charge < -0.3 is 16.8 Å². The van der Waals surface area contributed by atoms with Crippen molar-refractivity contribution >= 4 is 33.4 Å². The number of halogens is 1. The predicted octanol–water partition coefficient (Wildman–Crippen LogP) is 1.58. The number of primary amides is 1. The van der Waals surface area contributed by atoms with Gasteiger partial charge >= 0.3 is 0 Å². The Hall–Kier alpha value is -1.56. The van der Waals surface area contributed by atoms with Crippen LogP contribution in [0.15, 0.2) is 16.6 Å². The van der Waals surface area contributed by atoms with Gasteiger partial charge in [0, 0.05) is 15.7 Å². The maximum absolute atomic E-state index is 12.2. The lowest BCUT2D eigenvalue weighted by atomic mass is 10.0. The molecule has 1 unspecified atom stereocenters. The fourth-order valence-corrected chi connectivity index (χ4v) is 2.20. The Morgan fingerprint density at radius 2 is 1.89 bits per heavy atom. The van der Waals surface area contributed by atoms with E-state index in [4.69, 9.17) is 11.5 Å². The number of benzene rings is 1. The second-order valence-corrected chi connectivity index (χ2v) is 5.68. The third-order valence-corrected chi connectivity index (χ3v) is 3.37. The van der Waals surface area contributed by atoms with Gasteiger partial charge in [0.25, 0.3) is 5.91 Å². The van der Waals surface area contributed by atoms with E-state index in [9.17, 15) is 9.59 Å². The maximum Gasteiger partial charge on any atom is 0.252 e. The van der Waals surface area contributed by atoms with Gasteiger partial charge in [0.1, 0.15) is 6.04 Å². The number of carbonyl (C=O) groups is 2. The standard InChI is InChI=1S/C13H18BrN3O2/c1-6(2)11(12(16)18)17-13(19)9-4-8(14)5-10(15)7(9)3/h4-6,11H,15H2,1-3H3,(H2,16,18)(H,17,19). The molecule has 2 amide bonds. The first-order valence-corrected chi connectivity index (χ1v) is 6.69. The summed E-state index contributed by atoms with van der Waals surface area (Å²) < 4.78 is 0.709. The zero-order chi connectivity index (χ0) is 14.7. The van der Waals surface area contributed by atoms with Crippen LogP contribution in [0.25, 0.3) is 0 Å². The topological polar surface area (TPSA) is 98.2 Å². The molecule has 6 heteroatoms. The van der Waals surface area contributed by atoms with Crippen LogP contribution in [-0.2, 0) is 4.79 Å². The fourth-order valence-electron chi connectivity index (χ4n) is 1.72. The highest BCUT2D eigenvalue weighted by atomic mass is 79.9. The Kier molecular flexibility index (Phi) is 4.94. The van der Waals surface area contributed by atoms with E-state index >= 15 is 0 Å². The monoisotopic (exact) mass is 327 g/mol. The Labute approximate surface area is 120 Å². The summed E-state index contributed by atoms with van der Waals surface area (Å²) in [5, 5.41) is 2.64. The molecule has 0 saturated heterocycles. The number of nitrogen functional groups attached to an aromatic ring is 1. The van der Waals surface area contributed by atoms with E-state index in [0.29, 0.717) is 21.3 Å². The van der Waals surface area contributed by atoms with Gasteiger partial charge in [-0.05, 0) is 30.5 Å². The summed E-state index contributed by atoms with van der Waals surface area (Å²) in [4.78, 5) is 23.5. The lowest BCUT2D eigenvalue weighted by molar-refractivity contribution is -0.120. The summed E-state index contributed by atoms with van der Waals surface area (Å²) >= 11 is 3.29. The first kappa shape index (κ1) is 15.5. The van der Waals surface area contributed by atoms with Crippen molar-refractivity contribution in [1.29, 1.82) is 0 Å². The molecule has 1 aromatic carbocycles. The molecule has 0 heterocycles. The predicted molar refractivity (Wildman–Crippen MR) is 78.6 cm³/mol. The van der Waals surface area contributed by atoms with Crippen LogP contribution in [0.3, 0.4) is 0 Å². The molecule has 5 nitrogen and oxygen atoms in total. The molecule has 0 spiro atoms. The van der Waals surface area contributed by atoms with Crippen LogP contribution >= 0.6 is 15.9 Å². The van der Waals surface area contributed by atoms with Crippen molar-refractivity contribution in [2.24, 2.45) is 11.7 Å². The van der Waals surface area contributed by atoms with E-state index in [0.717, 1.165) is 0 Å². The van der Waals surface area contributed by atoms with E-state index in [1.807, 2.05) is 13.8 Å². The molecule has 0 aliphatic heterocycles. The van der Waals surface area contributed by atoms with Crippen molar-refractivity contribution in [2.75, 3.05) is 5.73 Å². The largest absolute Gasteiger partial charge is 0.398 e. The van der Waals surface area contributed by atoms with Crippen molar-refractivity contribution in [2.45, 2.75) is 26.8 Å². The molecule has 104 valence electrons. The first-order valence-electron chi connectivity index (χ1n) is 5.89. The molecule has 5 N–H and O–H groups in total. The third kappa shape index (κ3) is 3.70. The van der Waals surface area contributed by atoms with E-state index in [-0.39, 0.29) is 11.8 Å². The number of nitrogens with one attached hydrogen (secondary N) is 1. The normalized spacial score (nSPS) is 12.3. The van der Waals surface area contributed by atoms with Crippen LogP contribution in [0.5, 0.6) is 0 Å². The molecule has 1 aromatic rings. The summed E-state index contributed by atoms with van der Waals surface area (Å²) in [6, 6.07) is 2.69. The first-order chi connectivity index (χ1) is 8.73. The second kappa shape index (κ2) is 6.06. The number of hydrogen-bond donors (Lipinski definition) is 3. The Bertz CT molecular complexity index is 515. The molecule has 0 bridgehead atoms. The SMILES string of the molecule is Cc1c(N)cc(Br)cc1C(=O)NC(C(N)=O)C(C)C. The fraction of sp³-hybridized carbons (Fsp3) is 0.385. The van der Waals surface area contributed by atoms with Crippen LogP contribution in [0.2, 0.25) is 0 Å². The van der Waals surface area contributed by atoms with Gasteiger partial charge in [-0.3, -0.25) is 9.59 Å². The molecule has 0 aliphatic carbocycles. The highest BCUT2D eigenvalue weighted by Gasteiger charge is 2.23. The van der Waals surface area contributed by atoms with Crippen LogP contribution in [-0.4, -0.2) is 17.9 Å². The summed E-state index contributed by atoms with van der Waals surface area (Å²) in [6.45, 7) is 5.39. The van der Waals surface area contributed by atoms with E-state index < -0.39 is 11.9 Å². The number of amides is 2. The number of hydrogen-bond acceptors (Lipinski definition) is 3. The number of rotatable bonds is 4. The van der Waals surface area contributed by atoms with Crippen LogP contribution in [0.1, 0.15) is 29.8 Å². The average Bonchev–Trinajstić information content (AvgIpc) is 2.29. The van der Waals surface area contributed by atoms with Gasteiger partial charge in [-0.25, -0.2) is 0 Å². The summed E-state index contributed by atoms with van der Waals surface area (Å²) in [6.07, 6.45) is 0. The van der Waals surface area contributed by atoms with Crippen LogP contribution in [0.4, 0.5) is 5.69 Å². The van der Waals surface area contributed by atoms with Crippen LogP contribution < -0.4 is 16.8 Å². The zero-order valence-electron chi connectivity index (χ0n) is 11.2. The minimum atomic E-state index is -0.702. The molecule has 0 aliphatic rings. The van der Waals surface area contributed by atoms with Crippen molar-refractivity contribution in [3.05, 3.63) is 27.7 Å². The average molecular weight is 328 g/mol. The van der Waals surface area contributed by atoms with Gasteiger partial charge in [0.2, 0.25) is 5.91 Å². The number of carbonyl (C=O) groups excluding carboxylic acids is 2. The molecule has 1 rings (SSSR count). The highest BCUT2D eigenvalue weighted by Crippen LogP contribution is 2.23. The molecule has 0 aromatic heterocycles. The van der Waals surface area contributed by atoms with E-state index in [2.05, 4.69) is 21.2 Å². The summed E-state index contributed by atoms with van der Waals surface area (Å²) in [5.41, 5.74) is 12.7. The van der Waals surface area contributed by atoms with Crippen LogP contribution in [0, 0.1) is 12.8 Å². The minimum absolute atomic E-state index is 0.0775. The summed E-state index contributed by atoms with van der Waals surface area (Å²) in [7, 11) is 0. The van der Waals surface area contributed by atoms with Gasteiger partial charge in [-0.1, -0.05) is 29.8 Å². The van der Waals surface area contributed by atoms with E-state index in [1.54, 1.807) is 19.1 Å². The van der Waals surface area contributed by atoms with E-state index in [1.165, 1.54) is 0 Å². The minimum Gasteiger partial charge on any atom is -0.398 e. The third-order valence-electron chi connectivity index (χ3n) is 2.92. The zero-order valence-corrected chi connectivity index (χ0v) is 12.7. The van der Waals surface area contributed by atoms with Gasteiger partial charge in [0.05, 0.1) is 0 Å². The van der Waals surface area contributed by atoms with Crippen molar-refractivity contribution < 1.29 is 9.59 Å². The Balaban J connectivity index is 3.04. The number of anilines is 1. The molecular weight excluding hydrogens is 310 g/mol. The molecular formula is C13H18BrN3O2. The summed E-state index contributed by atoms with van der Waals surface area (Å²) in [5.74, 6) is -0.988. The molecule has 0 radical (unpaired) electrons. The van der Waals surface area contributed by atoms with Crippen molar-refractivity contribution in [3.63, 3.8) is 0 Å². The molecule has 1 atom stereocenters. The van der Waals surface area contributed by atoms with Gasteiger partial charge in [0.15, 0.2) is 0 Å². The molecule has 0 saturated carbocycles. The maximum atomic E-state index is 12.2. The van der Waals surface area contributed by atoms with Gasteiger partial charge in [-0.15, -0.1) is 0 Å². The highest BCUT2D eigenvalue weighted by molar-refractivity contribution is 9.10. The number of nitrogens with two attached hydrogens (primary N) is 2. The second-order valence-electron chi connectivity index (χ2n) is 4.77. The Morgan fingerprint density at radius 1 is 1.32 bits per heavy atom. The van der Waals surface area contributed by atoms with Crippen molar-refractivity contribution in [3.8, 4) is 0 Å². The lowest BCUT2D eigenvalue weighted by Crippen LogP contribution is -2.47. The molecule has 0 fully saturated rings. The smallest absolute Gasteiger partial charge is 0.252 e. The van der Waals surface area contributed by atoms with Gasteiger partial charge in [-0.2, -0.15) is 0 Å². The quantitative estimate of drug-likeness (QED) is 0.732.